The van der Waals surface area contributed by atoms with Crippen molar-refractivity contribution in [1.29, 1.82) is 0 Å². The highest BCUT2D eigenvalue weighted by atomic mass is 16.5. The minimum atomic E-state index is -0.662. The number of benzene rings is 1. The fraction of sp³-hybridized carbons (Fsp3) is 0.588. The molecule has 5 aliphatic rings. The van der Waals surface area contributed by atoms with Crippen LogP contribution in [-0.2, 0) is 14.3 Å². The molecule has 0 aromatic heterocycles. The molecular weight excluding hydrogens is 470 g/mol. The third-order valence-electron chi connectivity index (χ3n) is 10.8. The smallest absolute Gasteiger partial charge is 0.176 e. The Morgan fingerprint density at radius 1 is 1.11 bits per heavy atom. The van der Waals surface area contributed by atoms with Gasteiger partial charge < -0.3 is 9.64 Å². The van der Waals surface area contributed by atoms with Crippen LogP contribution < -0.4 is 4.90 Å². The van der Waals surface area contributed by atoms with Crippen molar-refractivity contribution in [3.63, 3.8) is 0 Å². The maximum Gasteiger partial charge on any atom is 0.176 e. The second kappa shape index (κ2) is 9.83. The number of allylic oxidation sites excluding steroid dienone is 4. The molecule has 3 fully saturated rings. The van der Waals surface area contributed by atoms with Crippen molar-refractivity contribution in [1.82, 2.24) is 0 Å². The Hall–Kier alpha value is -2.64. The van der Waals surface area contributed by atoms with E-state index in [4.69, 9.17) is 4.74 Å². The van der Waals surface area contributed by atoms with Crippen molar-refractivity contribution in [3.8, 4) is 11.8 Å². The van der Waals surface area contributed by atoms with Gasteiger partial charge >= 0.3 is 0 Å². The van der Waals surface area contributed by atoms with Crippen LogP contribution in [0, 0.1) is 34.5 Å². The van der Waals surface area contributed by atoms with Gasteiger partial charge in [-0.25, -0.2) is 0 Å². The Balaban J connectivity index is 1.48. The summed E-state index contributed by atoms with van der Waals surface area (Å²) < 4.78 is 5.40. The number of carbonyl (C=O) groups is 2. The molecule has 200 valence electrons. The first-order valence-electron chi connectivity index (χ1n) is 14.7. The van der Waals surface area contributed by atoms with Gasteiger partial charge in [-0.05, 0) is 110 Å². The Labute approximate surface area is 227 Å². The summed E-state index contributed by atoms with van der Waals surface area (Å²) in [6, 6.07) is 9.31. The van der Waals surface area contributed by atoms with Crippen molar-refractivity contribution >= 4 is 17.3 Å². The Morgan fingerprint density at radius 2 is 1.87 bits per heavy atom. The molecule has 0 spiro atoms. The quantitative estimate of drug-likeness (QED) is 0.429. The lowest BCUT2D eigenvalue weighted by Gasteiger charge is -2.54. The van der Waals surface area contributed by atoms with Crippen LogP contribution in [0.4, 0.5) is 5.69 Å². The summed E-state index contributed by atoms with van der Waals surface area (Å²) in [4.78, 5) is 28.6. The minimum absolute atomic E-state index is 0.125. The number of hydrogen-bond donors (Lipinski definition) is 0. The lowest BCUT2D eigenvalue weighted by atomic mass is 9.48. The highest BCUT2D eigenvalue weighted by Gasteiger charge is 2.65. The number of anilines is 1. The summed E-state index contributed by atoms with van der Waals surface area (Å²) in [6.45, 7) is 6.65. The molecule has 38 heavy (non-hydrogen) atoms. The number of Topliss-reactive ketones (excluding diaryl/α,β-unsaturated/α-hetero) is 1. The summed E-state index contributed by atoms with van der Waals surface area (Å²) in [5.74, 6) is 8.20. The molecule has 5 atom stereocenters. The molecule has 0 bridgehead atoms. The van der Waals surface area contributed by atoms with Crippen LogP contribution in [0.2, 0.25) is 0 Å². The number of ether oxygens (including phenoxy) is 1. The normalized spacial score (nSPS) is 34.2. The van der Waals surface area contributed by atoms with Gasteiger partial charge in [0.25, 0.3) is 0 Å². The van der Waals surface area contributed by atoms with Crippen LogP contribution in [0.1, 0.15) is 83.1 Å². The van der Waals surface area contributed by atoms with E-state index in [2.05, 4.69) is 47.9 Å². The third-order valence-corrected chi connectivity index (χ3v) is 10.8. The number of carbonyl (C=O) groups excluding carboxylic acids is 2. The van der Waals surface area contributed by atoms with Crippen molar-refractivity contribution in [2.75, 3.05) is 31.7 Å². The number of ketones is 2. The van der Waals surface area contributed by atoms with E-state index in [-0.39, 0.29) is 29.5 Å². The van der Waals surface area contributed by atoms with E-state index in [1.165, 1.54) is 35.2 Å². The summed E-state index contributed by atoms with van der Waals surface area (Å²) >= 11 is 0. The van der Waals surface area contributed by atoms with Crippen LogP contribution in [-0.4, -0.2) is 38.4 Å². The monoisotopic (exact) mass is 511 g/mol. The molecule has 1 aromatic carbocycles. The first-order chi connectivity index (χ1) is 18.4. The second-order valence-corrected chi connectivity index (χ2v) is 12.5. The molecular formula is C34H41NO3. The number of rotatable bonds is 5. The lowest BCUT2D eigenvalue weighted by Crippen LogP contribution is -2.51. The Kier molecular flexibility index (Phi) is 6.63. The van der Waals surface area contributed by atoms with Crippen molar-refractivity contribution < 1.29 is 14.3 Å². The fourth-order valence-electron chi connectivity index (χ4n) is 9.08. The van der Waals surface area contributed by atoms with Crippen LogP contribution in [0.25, 0.3) is 0 Å². The van der Waals surface area contributed by atoms with Gasteiger partial charge in [0.15, 0.2) is 11.6 Å². The summed E-state index contributed by atoms with van der Waals surface area (Å²) in [6.07, 6.45) is 10.8. The SMILES string of the molecule is CC#C[C@]1(C(=O)COC)CC[C@H]2[C@@H]3CCC4=CC(=O)CCC4=C3C(c3ccc(N4CCCC4)cc3)C[C@@]21C. The predicted octanol–water partition coefficient (Wildman–Crippen LogP) is 6.41. The molecule has 6 rings (SSSR count). The van der Waals surface area contributed by atoms with E-state index in [1.807, 2.05) is 13.0 Å². The van der Waals surface area contributed by atoms with Crippen molar-refractivity contribution in [2.45, 2.75) is 77.6 Å². The van der Waals surface area contributed by atoms with Crippen LogP contribution in [0.3, 0.4) is 0 Å². The van der Waals surface area contributed by atoms with Crippen LogP contribution >= 0.6 is 0 Å². The standard InChI is InChI=1S/C34H41NO3/c1-4-16-34(31(37)22-38-3)17-15-30-28-13-9-24-20-26(36)12-14-27(24)32(28)29(21-33(30,34)2)23-7-10-25(11-8-23)35-18-5-6-19-35/h7-8,10-11,20,28-30H,5-6,9,12-15,17-19,21-22H2,1-3H3/t28-,29?,30-,33-,34+/m0/s1. The fourth-order valence-corrected chi connectivity index (χ4v) is 9.08. The van der Waals surface area contributed by atoms with Gasteiger partial charge in [-0.15, -0.1) is 5.92 Å². The van der Waals surface area contributed by atoms with Crippen LogP contribution in [0.5, 0.6) is 0 Å². The first-order valence-corrected chi connectivity index (χ1v) is 14.7. The largest absolute Gasteiger partial charge is 0.377 e. The van der Waals surface area contributed by atoms with Gasteiger partial charge in [-0.1, -0.05) is 30.6 Å². The molecule has 0 N–H and O–H groups in total. The van der Waals surface area contributed by atoms with Gasteiger partial charge in [0.2, 0.25) is 0 Å². The number of fused-ring (bicyclic) bond motifs is 4. The predicted molar refractivity (Wildman–Crippen MR) is 151 cm³/mol. The first kappa shape index (κ1) is 25.6. The summed E-state index contributed by atoms with van der Waals surface area (Å²) in [5, 5.41) is 0. The number of methoxy groups -OCH3 is 1. The van der Waals surface area contributed by atoms with E-state index in [0.29, 0.717) is 18.3 Å². The van der Waals surface area contributed by atoms with E-state index >= 15 is 0 Å². The maximum atomic E-state index is 13.8. The summed E-state index contributed by atoms with van der Waals surface area (Å²) in [5.41, 5.74) is 6.10. The van der Waals surface area contributed by atoms with Crippen molar-refractivity contribution in [2.24, 2.45) is 22.7 Å². The molecule has 4 heteroatoms. The topological polar surface area (TPSA) is 46.6 Å². The van der Waals surface area contributed by atoms with Gasteiger partial charge in [-0.3, -0.25) is 9.59 Å². The maximum absolute atomic E-state index is 13.8. The van der Waals surface area contributed by atoms with Gasteiger partial charge in [-0.2, -0.15) is 0 Å². The van der Waals surface area contributed by atoms with E-state index < -0.39 is 5.41 Å². The zero-order chi connectivity index (χ0) is 26.5. The molecule has 1 heterocycles. The number of nitrogens with zero attached hydrogens (tertiary/aromatic N) is 1. The molecule has 4 aliphatic carbocycles. The third kappa shape index (κ3) is 3.84. The number of hydrogen-bond acceptors (Lipinski definition) is 4. The van der Waals surface area contributed by atoms with Gasteiger partial charge in [0, 0.05) is 38.2 Å². The average molecular weight is 512 g/mol. The zero-order valence-electron chi connectivity index (χ0n) is 23.3. The highest BCUT2D eigenvalue weighted by Crippen LogP contribution is 2.69. The lowest BCUT2D eigenvalue weighted by molar-refractivity contribution is -0.136. The van der Waals surface area contributed by atoms with Crippen molar-refractivity contribution in [3.05, 3.63) is 52.6 Å². The van der Waals surface area contributed by atoms with E-state index in [9.17, 15) is 9.59 Å². The van der Waals surface area contributed by atoms with E-state index in [0.717, 1.165) is 51.6 Å². The summed E-state index contributed by atoms with van der Waals surface area (Å²) in [7, 11) is 1.62. The van der Waals surface area contributed by atoms with Crippen LogP contribution in [0.15, 0.2) is 47.1 Å². The zero-order valence-corrected chi connectivity index (χ0v) is 23.3. The molecule has 0 radical (unpaired) electrons. The minimum Gasteiger partial charge on any atom is -0.377 e. The van der Waals surface area contributed by atoms with Gasteiger partial charge in [0.05, 0.1) is 5.41 Å². The van der Waals surface area contributed by atoms with Gasteiger partial charge in [0.1, 0.15) is 6.61 Å². The molecule has 2 saturated carbocycles. The second-order valence-electron chi connectivity index (χ2n) is 12.5. The molecule has 1 aliphatic heterocycles. The molecule has 1 saturated heterocycles. The molecule has 4 nitrogen and oxygen atoms in total. The average Bonchev–Trinajstić information content (AvgIpc) is 3.56. The molecule has 1 unspecified atom stereocenters. The Bertz CT molecular complexity index is 1250. The molecule has 1 aromatic rings. The Morgan fingerprint density at radius 3 is 2.58 bits per heavy atom. The van der Waals surface area contributed by atoms with E-state index in [1.54, 1.807) is 12.7 Å². The molecule has 0 amide bonds. The highest BCUT2D eigenvalue weighted by molar-refractivity contribution is 5.93.